The van der Waals surface area contributed by atoms with E-state index in [-0.39, 0.29) is 16.3 Å². The van der Waals surface area contributed by atoms with Gasteiger partial charge in [0, 0.05) is 22.7 Å². The van der Waals surface area contributed by atoms with Gasteiger partial charge in [-0.2, -0.15) is 0 Å². The smallest absolute Gasteiger partial charge is 0.331 e. The highest BCUT2D eigenvalue weighted by Crippen LogP contribution is 2.27. The van der Waals surface area contributed by atoms with Crippen LogP contribution in [0.25, 0.3) is 6.08 Å². The first-order valence-electron chi connectivity index (χ1n) is 7.20. The van der Waals surface area contributed by atoms with Crippen LogP contribution >= 0.6 is 11.6 Å². The molecule has 0 unspecified atom stereocenters. The lowest BCUT2D eigenvalue weighted by atomic mass is 10.2. The number of ether oxygens (including phenoxy) is 1. The van der Waals surface area contributed by atoms with Gasteiger partial charge < -0.3 is 10.1 Å². The molecule has 0 bridgehead atoms. The first kappa shape index (κ1) is 19.1. The SMILES string of the molecule is O=C(COC(=O)/C=C/c1ccccc1F)Nc1ccc(Cl)cc1[N+](=O)[O-]. The predicted octanol–water partition coefficient (Wildman–Crippen LogP) is 3.58. The number of nitrogens with zero attached hydrogens (tertiary/aromatic N) is 1. The number of hydrogen-bond donors (Lipinski definition) is 1. The van der Waals surface area contributed by atoms with Gasteiger partial charge in [0.1, 0.15) is 11.5 Å². The molecule has 2 rings (SSSR count). The van der Waals surface area contributed by atoms with Crippen molar-refractivity contribution in [2.75, 3.05) is 11.9 Å². The second-order valence-corrected chi connectivity index (χ2v) is 5.37. The lowest BCUT2D eigenvalue weighted by Crippen LogP contribution is -2.20. The van der Waals surface area contributed by atoms with Crippen molar-refractivity contribution < 1.29 is 23.6 Å². The summed E-state index contributed by atoms with van der Waals surface area (Å²) in [6.45, 7) is -0.666. The lowest BCUT2D eigenvalue weighted by Gasteiger charge is -2.06. The molecule has 0 radical (unpaired) electrons. The van der Waals surface area contributed by atoms with E-state index >= 15 is 0 Å². The summed E-state index contributed by atoms with van der Waals surface area (Å²) in [7, 11) is 0. The third-order valence-corrected chi connectivity index (χ3v) is 3.32. The topological polar surface area (TPSA) is 98.5 Å². The highest BCUT2D eigenvalue weighted by atomic mass is 35.5. The molecule has 0 fully saturated rings. The Bertz CT molecular complexity index is 885. The highest BCUT2D eigenvalue weighted by molar-refractivity contribution is 6.31. The number of nitro groups is 1. The van der Waals surface area contributed by atoms with Crippen molar-refractivity contribution in [3.8, 4) is 0 Å². The van der Waals surface area contributed by atoms with Crippen LogP contribution in [0, 0.1) is 15.9 Å². The maximum Gasteiger partial charge on any atom is 0.331 e. The fourth-order valence-corrected chi connectivity index (χ4v) is 2.07. The average Bonchev–Trinajstić information content (AvgIpc) is 2.60. The largest absolute Gasteiger partial charge is 0.452 e. The summed E-state index contributed by atoms with van der Waals surface area (Å²) >= 11 is 5.68. The number of benzene rings is 2. The van der Waals surface area contributed by atoms with Gasteiger partial charge in [-0.25, -0.2) is 9.18 Å². The van der Waals surface area contributed by atoms with E-state index in [2.05, 4.69) is 5.32 Å². The van der Waals surface area contributed by atoms with Crippen LogP contribution in [0.5, 0.6) is 0 Å². The molecule has 9 heteroatoms. The lowest BCUT2D eigenvalue weighted by molar-refractivity contribution is -0.383. The molecule has 0 saturated carbocycles. The highest BCUT2D eigenvalue weighted by Gasteiger charge is 2.17. The number of carbonyl (C=O) groups is 2. The molecule has 0 aromatic heterocycles. The quantitative estimate of drug-likeness (QED) is 0.358. The summed E-state index contributed by atoms with van der Waals surface area (Å²) in [5.74, 6) is -2.15. The molecule has 26 heavy (non-hydrogen) atoms. The number of esters is 1. The summed E-state index contributed by atoms with van der Waals surface area (Å²) in [5, 5.41) is 13.3. The van der Waals surface area contributed by atoms with Gasteiger partial charge in [-0.15, -0.1) is 0 Å². The van der Waals surface area contributed by atoms with Gasteiger partial charge in [-0.3, -0.25) is 14.9 Å². The van der Waals surface area contributed by atoms with Crippen molar-refractivity contribution in [3.63, 3.8) is 0 Å². The molecular weight excluding hydrogens is 367 g/mol. The molecule has 7 nitrogen and oxygen atoms in total. The minimum atomic E-state index is -0.867. The van der Waals surface area contributed by atoms with Gasteiger partial charge in [-0.05, 0) is 24.3 Å². The van der Waals surface area contributed by atoms with Gasteiger partial charge >= 0.3 is 5.97 Å². The van der Waals surface area contributed by atoms with Crippen LogP contribution in [-0.2, 0) is 14.3 Å². The average molecular weight is 379 g/mol. The molecule has 1 amide bonds. The number of anilines is 1. The number of nitrogens with one attached hydrogen (secondary N) is 1. The summed E-state index contributed by atoms with van der Waals surface area (Å²) in [4.78, 5) is 33.6. The Morgan fingerprint density at radius 1 is 1.27 bits per heavy atom. The van der Waals surface area contributed by atoms with Crippen molar-refractivity contribution >= 4 is 40.9 Å². The third-order valence-electron chi connectivity index (χ3n) is 3.08. The Morgan fingerprint density at radius 3 is 2.69 bits per heavy atom. The number of carbonyl (C=O) groups excluding carboxylic acids is 2. The van der Waals surface area contributed by atoms with Gasteiger partial charge in [0.15, 0.2) is 6.61 Å². The first-order chi connectivity index (χ1) is 12.4. The summed E-state index contributed by atoms with van der Waals surface area (Å²) < 4.78 is 18.1. The normalized spacial score (nSPS) is 10.5. The van der Waals surface area contributed by atoms with E-state index in [1.54, 1.807) is 6.07 Å². The van der Waals surface area contributed by atoms with E-state index < -0.39 is 34.9 Å². The maximum atomic E-state index is 13.4. The predicted molar refractivity (Wildman–Crippen MR) is 93.1 cm³/mol. The second kappa shape index (κ2) is 8.72. The number of amides is 1. The minimum absolute atomic E-state index is 0.0812. The molecule has 1 N–H and O–H groups in total. The fourth-order valence-electron chi connectivity index (χ4n) is 1.90. The number of rotatable bonds is 6. The summed E-state index contributed by atoms with van der Waals surface area (Å²) in [6, 6.07) is 9.51. The molecular formula is C17H12ClFN2O5. The van der Waals surface area contributed by atoms with Crippen molar-refractivity contribution in [2.24, 2.45) is 0 Å². The zero-order valence-corrected chi connectivity index (χ0v) is 13.9. The Hall–Kier alpha value is -3.26. The van der Waals surface area contributed by atoms with Crippen LogP contribution < -0.4 is 5.32 Å². The van der Waals surface area contributed by atoms with Gasteiger partial charge in [0.2, 0.25) is 0 Å². The van der Waals surface area contributed by atoms with E-state index in [1.807, 2.05) is 0 Å². The van der Waals surface area contributed by atoms with Crippen molar-refractivity contribution in [2.45, 2.75) is 0 Å². The van der Waals surface area contributed by atoms with Gasteiger partial charge in [0.05, 0.1) is 4.92 Å². The summed E-state index contributed by atoms with van der Waals surface area (Å²) in [5.41, 5.74) is -0.287. The Labute approximate surface area is 152 Å². The van der Waals surface area contributed by atoms with E-state index in [1.165, 1.54) is 36.4 Å². The van der Waals surface area contributed by atoms with Crippen LogP contribution in [0.3, 0.4) is 0 Å². The fraction of sp³-hybridized carbons (Fsp3) is 0.0588. The second-order valence-electron chi connectivity index (χ2n) is 4.93. The maximum absolute atomic E-state index is 13.4. The minimum Gasteiger partial charge on any atom is -0.452 e. The molecule has 0 spiro atoms. The molecule has 0 aliphatic carbocycles. The van der Waals surface area contributed by atoms with Crippen molar-refractivity contribution in [1.82, 2.24) is 0 Å². The molecule has 2 aromatic rings. The molecule has 2 aromatic carbocycles. The number of nitro benzene ring substituents is 1. The van der Waals surface area contributed by atoms with Crippen LogP contribution in [0.1, 0.15) is 5.56 Å². The van der Waals surface area contributed by atoms with Crippen LogP contribution in [0.4, 0.5) is 15.8 Å². The first-order valence-corrected chi connectivity index (χ1v) is 7.58. The van der Waals surface area contributed by atoms with E-state index in [0.717, 1.165) is 12.1 Å². The molecule has 0 saturated heterocycles. The monoisotopic (exact) mass is 378 g/mol. The molecule has 0 aliphatic rings. The van der Waals surface area contributed by atoms with Crippen LogP contribution in [0.2, 0.25) is 5.02 Å². The molecule has 0 aliphatic heterocycles. The molecule has 134 valence electrons. The standard InChI is InChI=1S/C17H12ClFN2O5/c18-12-6-7-14(15(9-12)21(24)25)20-16(22)10-26-17(23)8-5-11-3-1-2-4-13(11)19/h1-9H,10H2,(H,20,22)/b8-5+. The number of halogens is 2. The Kier molecular flexibility index (Phi) is 6.40. The Balaban J connectivity index is 1.92. The molecule has 0 atom stereocenters. The van der Waals surface area contributed by atoms with E-state index in [0.29, 0.717) is 0 Å². The van der Waals surface area contributed by atoms with Gasteiger partial charge in [0.25, 0.3) is 11.6 Å². The zero-order valence-electron chi connectivity index (χ0n) is 13.1. The van der Waals surface area contributed by atoms with Crippen LogP contribution in [0.15, 0.2) is 48.5 Å². The van der Waals surface area contributed by atoms with E-state index in [9.17, 15) is 24.1 Å². The van der Waals surface area contributed by atoms with Crippen LogP contribution in [-0.4, -0.2) is 23.4 Å². The van der Waals surface area contributed by atoms with E-state index in [4.69, 9.17) is 16.3 Å². The van der Waals surface area contributed by atoms with Gasteiger partial charge in [-0.1, -0.05) is 29.8 Å². The zero-order chi connectivity index (χ0) is 19.1. The third kappa shape index (κ3) is 5.38. The molecule has 0 heterocycles. The Morgan fingerprint density at radius 2 is 2.00 bits per heavy atom. The number of hydrogen-bond acceptors (Lipinski definition) is 5. The summed E-state index contributed by atoms with van der Waals surface area (Å²) in [6.07, 6.45) is 2.18. The van der Waals surface area contributed by atoms with Crippen molar-refractivity contribution in [3.05, 3.63) is 75.1 Å². The van der Waals surface area contributed by atoms with Crippen molar-refractivity contribution in [1.29, 1.82) is 0 Å².